The van der Waals surface area contributed by atoms with Gasteiger partial charge >= 0.3 is 18.1 Å². The molecule has 49 heavy (non-hydrogen) atoms. The van der Waals surface area contributed by atoms with Gasteiger partial charge in [-0.15, -0.1) is 0 Å². The second-order valence-electron chi connectivity index (χ2n) is 11.4. The number of hydrogen-bond donors (Lipinski definition) is 5. The number of nitrogens with two attached hydrogens (primary N) is 1. The van der Waals surface area contributed by atoms with Crippen LogP contribution in [0.25, 0.3) is 0 Å². The van der Waals surface area contributed by atoms with Crippen LogP contribution in [0.15, 0.2) is 42.5 Å². The number of anilines is 1. The van der Waals surface area contributed by atoms with E-state index >= 15 is 8.78 Å². The standard InChI is InChI=1S/C30H35F2N5O5.C2HF3O2/c1-15(2)14-35-27(38)19-10-11-22(21(13-19)30(39)40)42-29-24(32)25(37(16(3)4)17(5)6)23(31)28(36-29)41-20-9-7-8-18(12-20)26(33)34;3-2(4,5)1(6)7/h7-13,15-17H,14H2,1-6H3,(H3,33,34)(H,35,38)(H,39,40);(H,6,7). The fourth-order valence-electron chi connectivity index (χ4n) is 4.23. The van der Waals surface area contributed by atoms with Crippen molar-refractivity contribution in [2.24, 2.45) is 11.7 Å². The summed E-state index contributed by atoms with van der Waals surface area (Å²) in [7, 11) is 0. The lowest BCUT2D eigenvalue weighted by molar-refractivity contribution is -0.192. The van der Waals surface area contributed by atoms with Gasteiger partial charge in [0.25, 0.3) is 17.7 Å². The minimum absolute atomic E-state index is 0.0637. The molecular formula is C32H36F5N5O7. The van der Waals surface area contributed by atoms with Gasteiger partial charge < -0.3 is 35.6 Å². The number of aromatic nitrogens is 1. The summed E-state index contributed by atoms with van der Waals surface area (Å²) < 4.78 is 75.0. The zero-order valence-electron chi connectivity index (χ0n) is 27.3. The summed E-state index contributed by atoms with van der Waals surface area (Å²) in [5, 5.41) is 27.3. The van der Waals surface area contributed by atoms with E-state index in [1.807, 2.05) is 13.8 Å². The second kappa shape index (κ2) is 16.6. The first-order valence-electron chi connectivity index (χ1n) is 14.6. The van der Waals surface area contributed by atoms with E-state index in [1.165, 1.54) is 29.2 Å². The van der Waals surface area contributed by atoms with E-state index in [9.17, 15) is 27.9 Å². The van der Waals surface area contributed by atoms with E-state index in [-0.39, 0.29) is 40.9 Å². The quantitative estimate of drug-likeness (QED) is 0.0787. The predicted molar refractivity (Wildman–Crippen MR) is 169 cm³/mol. The van der Waals surface area contributed by atoms with Gasteiger partial charge in [-0.3, -0.25) is 10.2 Å². The average Bonchev–Trinajstić information content (AvgIpc) is 2.99. The maximum Gasteiger partial charge on any atom is 0.490 e. The Balaban J connectivity index is 0.00000107. The van der Waals surface area contributed by atoms with Crippen molar-refractivity contribution >= 4 is 29.4 Å². The summed E-state index contributed by atoms with van der Waals surface area (Å²) in [6.45, 7) is 11.2. The molecule has 3 aromatic rings. The third-order valence-corrected chi connectivity index (χ3v) is 6.32. The van der Waals surface area contributed by atoms with Crippen LogP contribution in [0.2, 0.25) is 0 Å². The largest absolute Gasteiger partial charge is 0.490 e. The number of halogens is 5. The Hall–Kier alpha value is -5.48. The molecule has 12 nitrogen and oxygen atoms in total. The normalized spacial score (nSPS) is 11.1. The number of carbonyl (C=O) groups excluding carboxylic acids is 1. The summed E-state index contributed by atoms with van der Waals surface area (Å²) in [5.74, 6) is -8.66. The molecule has 1 amide bonds. The Bertz CT molecular complexity index is 1690. The lowest BCUT2D eigenvalue weighted by Gasteiger charge is -2.33. The van der Waals surface area contributed by atoms with Gasteiger partial charge in [-0.2, -0.15) is 26.9 Å². The number of aromatic carboxylic acids is 1. The van der Waals surface area contributed by atoms with Crippen molar-refractivity contribution < 1.29 is 56.0 Å². The molecule has 2 aromatic carbocycles. The molecule has 0 unspecified atom stereocenters. The molecule has 0 aliphatic rings. The highest BCUT2D eigenvalue weighted by Gasteiger charge is 2.38. The molecular weight excluding hydrogens is 661 g/mol. The molecule has 0 atom stereocenters. The number of nitrogens with one attached hydrogen (secondary N) is 2. The average molecular weight is 698 g/mol. The number of nitrogen functional groups attached to an aromatic ring is 1. The first-order chi connectivity index (χ1) is 22.6. The van der Waals surface area contributed by atoms with Gasteiger partial charge in [0, 0.05) is 29.8 Å². The number of hydrogen-bond acceptors (Lipinski definition) is 8. The van der Waals surface area contributed by atoms with Crippen molar-refractivity contribution in [3.63, 3.8) is 0 Å². The number of nitrogens with zero attached hydrogens (tertiary/aromatic N) is 2. The Kier molecular flexibility index (Phi) is 13.4. The minimum atomic E-state index is -5.08. The number of ether oxygens (including phenoxy) is 2. The molecule has 0 saturated carbocycles. The molecule has 1 heterocycles. The van der Waals surface area contributed by atoms with E-state index in [0.29, 0.717) is 12.1 Å². The number of alkyl halides is 3. The molecule has 0 radical (unpaired) electrons. The molecule has 3 rings (SSSR count). The van der Waals surface area contributed by atoms with Crippen LogP contribution in [0.5, 0.6) is 23.3 Å². The van der Waals surface area contributed by atoms with Crippen LogP contribution in [-0.2, 0) is 4.79 Å². The van der Waals surface area contributed by atoms with Crippen molar-refractivity contribution in [2.45, 2.75) is 59.8 Å². The fourth-order valence-corrected chi connectivity index (χ4v) is 4.23. The maximum absolute atomic E-state index is 16.0. The fraction of sp³-hybridized carbons (Fsp3) is 0.344. The van der Waals surface area contributed by atoms with Crippen LogP contribution in [0, 0.1) is 23.0 Å². The number of amides is 1. The molecule has 6 N–H and O–H groups in total. The SMILES string of the molecule is CC(C)CNC(=O)c1ccc(Oc2nc(Oc3cccc(C(=N)N)c3)c(F)c(N(C(C)C)C(C)C)c2F)c(C(=O)O)c1.O=C(O)C(F)(F)F. The summed E-state index contributed by atoms with van der Waals surface area (Å²) in [5.41, 5.74) is 5.01. The van der Waals surface area contributed by atoms with E-state index in [4.69, 9.17) is 30.5 Å². The Morgan fingerprint density at radius 1 is 0.918 bits per heavy atom. The number of pyridine rings is 1. The van der Waals surface area contributed by atoms with Crippen LogP contribution >= 0.6 is 0 Å². The number of carboxylic acids is 2. The van der Waals surface area contributed by atoms with E-state index in [2.05, 4.69) is 10.3 Å². The van der Waals surface area contributed by atoms with Crippen LogP contribution in [-0.4, -0.2) is 63.7 Å². The van der Waals surface area contributed by atoms with Crippen LogP contribution in [0.4, 0.5) is 27.6 Å². The van der Waals surface area contributed by atoms with Crippen molar-refractivity contribution in [1.29, 1.82) is 5.41 Å². The summed E-state index contributed by atoms with van der Waals surface area (Å²) >= 11 is 0. The van der Waals surface area contributed by atoms with E-state index in [0.717, 1.165) is 6.07 Å². The molecule has 0 saturated heterocycles. The van der Waals surface area contributed by atoms with Gasteiger partial charge in [0.15, 0.2) is 0 Å². The third kappa shape index (κ3) is 10.8. The van der Waals surface area contributed by atoms with Crippen molar-refractivity contribution in [1.82, 2.24) is 10.3 Å². The highest BCUT2D eigenvalue weighted by atomic mass is 19.4. The van der Waals surface area contributed by atoms with Crippen LogP contribution < -0.4 is 25.4 Å². The highest BCUT2D eigenvalue weighted by Crippen LogP contribution is 2.40. The first kappa shape index (κ1) is 39.7. The van der Waals surface area contributed by atoms with E-state index in [1.54, 1.807) is 39.8 Å². The topological polar surface area (TPSA) is 188 Å². The maximum atomic E-state index is 16.0. The monoisotopic (exact) mass is 697 g/mol. The zero-order chi connectivity index (χ0) is 37.4. The molecule has 0 fully saturated rings. The van der Waals surface area contributed by atoms with Crippen LogP contribution in [0.3, 0.4) is 0 Å². The second-order valence-corrected chi connectivity index (χ2v) is 11.4. The smallest absolute Gasteiger partial charge is 0.478 e. The molecule has 266 valence electrons. The van der Waals surface area contributed by atoms with Gasteiger partial charge in [-0.25, -0.2) is 9.59 Å². The summed E-state index contributed by atoms with van der Waals surface area (Å²) in [6.07, 6.45) is -5.08. The number of rotatable bonds is 12. The lowest BCUT2D eigenvalue weighted by Crippen LogP contribution is -2.38. The van der Waals surface area contributed by atoms with Gasteiger partial charge in [-0.05, 0) is 63.9 Å². The third-order valence-electron chi connectivity index (χ3n) is 6.32. The predicted octanol–water partition coefficient (Wildman–Crippen LogP) is 6.57. The number of carbonyl (C=O) groups is 3. The van der Waals surface area contributed by atoms with Gasteiger partial charge in [0.1, 0.15) is 28.6 Å². The number of benzene rings is 2. The zero-order valence-corrected chi connectivity index (χ0v) is 27.3. The summed E-state index contributed by atoms with van der Waals surface area (Å²) in [6, 6.07) is 8.88. The number of aliphatic carboxylic acids is 1. The molecule has 0 bridgehead atoms. The summed E-state index contributed by atoms with van der Waals surface area (Å²) in [4.78, 5) is 38.9. The molecule has 0 spiro atoms. The lowest BCUT2D eigenvalue weighted by atomic mass is 10.1. The van der Waals surface area contributed by atoms with E-state index < -0.39 is 58.7 Å². The number of amidine groups is 1. The molecule has 0 aliphatic heterocycles. The van der Waals surface area contributed by atoms with Crippen molar-refractivity contribution in [3.8, 4) is 23.3 Å². The number of carboxylic acid groups (broad SMARTS) is 2. The van der Waals surface area contributed by atoms with Crippen molar-refractivity contribution in [3.05, 3.63) is 70.8 Å². The Morgan fingerprint density at radius 3 is 1.94 bits per heavy atom. The molecule has 0 aliphatic carbocycles. The Morgan fingerprint density at radius 2 is 1.47 bits per heavy atom. The molecule has 1 aromatic heterocycles. The highest BCUT2D eigenvalue weighted by molar-refractivity contribution is 5.99. The van der Waals surface area contributed by atoms with Crippen LogP contribution in [0.1, 0.15) is 67.8 Å². The van der Waals surface area contributed by atoms with Gasteiger partial charge in [0.05, 0.1) is 0 Å². The minimum Gasteiger partial charge on any atom is -0.478 e. The Labute approximate surface area is 278 Å². The first-order valence-corrected chi connectivity index (χ1v) is 14.6. The van der Waals surface area contributed by atoms with Gasteiger partial charge in [0.2, 0.25) is 11.6 Å². The molecule has 17 heteroatoms. The van der Waals surface area contributed by atoms with Gasteiger partial charge in [-0.1, -0.05) is 26.0 Å². The van der Waals surface area contributed by atoms with Crippen molar-refractivity contribution in [2.75, 3.05) is 11.4 Å².